The average molecular weight is 541 g/mol. The minimum absolute atomic E-state index is 0.0102. The van der Waals surface area contributed by atoms with E-state index in [2.05, 4.69) is 9.88 Å². The van der Waals surface area contributed by atoms with Gasteiger partial charge in [-0.05, 0) is 61.1 Å². The number of carbonyl (C=O) groups excluding carboxylic acids is 1. The third kappa shape index (κ3) is 7.29. The standard InChI is InChI=1S/C28H33ClN4O3S/c1-32(16-13-20-9-12-23(35-2)24(17-20)36-3)27(34)22-10-7-21(8-11-22)19-37-28-30-25(29)18-26(31-28)33-14-5-4-6-15-33/h7-12,17-18H,4-6,13-16,19H2,1-3H3. The van der Waals surface area contributed by atoms with Gasteiger partial charge in [-0.25, -0.2) is 9.97 Å². The Bertz CT molecular complexity index is 1200. The number of rotatable bonds is 10. The van der Waals surface area contributed by atoms with E-state index in [0.717, 1.165) is 36.5 Å². The number of ether oxygens (including phenoxy) is 2. The minimum atomic E-state index is -0.0102. The first-order valence-corrected chi connectivity index (χ1v) is 13.8. The third-order valence-corrected chi connectivity index (χ3v) is 7.55. The van der Waals surface area contributed by atoms with Crippen LogP contribution in [0.2, 0.25) is 5.15 Å². The topological polar surface area (TPSA) is 67.8 Å². The zero-order chi connectivity index (χ0) is 26.2. The molecule has 1 saturated heterocycles. The zero-order valence-corrected chi connectivity index (χ0v) is 23.1. The van der Waals surface area contributed by atoms with E-state index in [0.29, 0.717) is 39.7 Å². The van der Waals surface area contributed by atoms with Crippen LogP contribution in [0.5, 0.6) is 11.5 Å². The van der Waals surface area contributed by atoms with Crippen molar-refractivity contribution in [2.75, 3.05) is 45.8 Å². The van der Waals surface area contributed by atoms with Crippen LogP contribution in [0.25, 0.3) is 0 Å². The monoisotopic (exact) mass is 540 g/mol. The Hall–Kier alpha value is -2.97. The molecular weight excluding hydrogens is 508 g/mol. The van der Waals surface area contributed by atoms with Gasteiger partial charge in [-0.2, -0.15) is 0 Å². The van der Waals surface area contributed by atoms with Gasteiger partial charge in [-0.3, -0.25) is 4.79 Å². The van der Waals surface area contributed by atoms with Crippen molar-refractivity contribution in [3.63, 3.8) is 0 Å². The van der Waals surface area contributed by atoms with E-state index >= 15 is 0 Å². The molecule has 2 aromatic carbocycles. The number of halogens is 1. The summed E-state index contributed by atoms with van der Waals surface area (Å²) in [4.78, 5) is 26.1. The predicted molar refractivity (Wildman–Crippen MR) is 149 cm³/mol. The number of anilines is 1. The summed E-state index contributed by atoms with van der Waals surface area (Å²) in [5.41, 5.74) is 2.84. The van der Waals surface area contributed by atoms with Crippen molar-refractivity contribution in [1.82, 2.24) is 14.9 Å². The summed E-state index contributed by atoms with van der Waals surface area (Å²) in [6.45, 7) is 2.61. The van der Waals surface area contributed by atoms with E-state index < -0.39 is 0 Å². The van der Waals surface area contributed by atoms with Gasteiger partial charge in [0, 0.05) is 44.1 Å². The Balaban J connectivity index is 1.31. The van der Waals surface area contributed by atoms with Gasteiger partial charge in [0.15, 0.2) is 16.7 Å². The zero-order valence-electron chi connectivity index (χ0n) is 21.6. The molecule has 4 rings (SSSR count). The van der Waals surface area contributed by atoms with E-state index in [1.54, 1.807) is 30.9 Å². The summed E-state index contributed by atoms with van der Waals surface area (Å²) in [7, 11) is 5.06. The number of hydrogen-bond donors (Lipinski definition) is 0. The van der Waals surface area contributed by atoms with Crippen LogP contribution in [0.3, 0.4) is 0 Å². The molecule has 9 heteroatoms. The van der Waals surface area contributed by atoms with Crippen molar-refractivity contribution in [2.45, 2.75) is 36.6 Å². The van der Waals surface area contributed by atoms with Gasteiger partial charge in [-0.1, -0.05) is 41.6 Å². The molecule has 0 radical (unpaired) electrons. The number of methoxy groups -OCH3 is 2. The summed E-state index contributed by atoms with van der Waals surface area (Å²) in [6.07, 6.45) is 4.35. The van der Waals surface area contributed by atoms with Gasteiger partial charge in [-0.15, -0.1) is 0 Å². The van der Waals surface area contributed by atoms with Gasteiger partial charge in [0.05, 0.1) is 14.2 Å². The summed E-state index contributed by atoms with van der Waals surface area (Å²) < 4.78 is 10.7. The van der Waals surface area contributed by atoms with Crippen molar-refractivity contribution in [2.24, 2.45) is 0 Å². The molecule has 0 spiro atoms. The normalized spacial score (nSPS) is 13.4. The van der Waals surface area contributed by atoms with Crippen LogP contribution in [0.4, 0.5) is 5.82 Å². The second-order valence-electron chi connectivity index (χ2n) is 9.03. The Morgan fingerprint density at radius 2 is 1.68 bits per heavy atom. The van der Waals surface area contributed by atoms with Crippen LogP contribution in [-0.4, -0.2) is 61.7 Å². The molecule has 1 aliphatic heterocycles. The molecular formula is C28H33ClN4O3S. The summed E-state index contributed by atoms with van der Waals surface area (Å²) in [5, 5.41) is 1.14. The second kappa shape index (κ2) is 13.0. The first-order chi connectivity index (χ1) is 18.0. The average Bonchev–Trinajstić information content (AvgIpc) is 2.94. The molecule has 2 heterocycles. The predicted octanol–water partition coefficient (Wildman–Crippen LogP) is 5.74. The number of carbonyl (C=O) groups is 1. The van der Waals surface area contributed by atoms with E-state index in [1.807, 2.05) is 55.6 Å². The van der Waals surface area contributed by atoms with Crippen molar-refractivity contribution >= 4 is 35.1 Å². The molecule has 1 aliphatic rings. The van der Waals surface area contributed by atoms with Crippen molar-refractivity contribution in [1.29, 1.82) is 0 Å². The van der Waals surface area contributed by atoms with Crippen LogP contribution in [0, 0.1) is 0 Å². The van der Waals surface area contributed by atoms with Crippen molar-refractivity contribution < 1.29 is 14.3 Å². The Kier molecular flexibility index (Phi) is 9.52. The van der Waals surface area contributed by atoms with Crippen LogP contribution in [0.1, 0.15) is 40.7 Å². The van der Waals surface area contributed by atoms with E-state index in [1.165, 1.54) is 19.3 Å². The Morgan fingerprint density at radius 1 is 0.973 bits per heavy atom. The van der Waals surface area contributed by atoms with Crippen LogP contribution in [-0.2, 0) is 12.2 Å². The highest BCUT2D eigenvalue weighted by Gasteiger charge is 2.15. The lowest BCUT2D eigenvalue weighted by Gasteiger charge is -2.27. The molecule has 1 aromatic heterocycles. The summed E-state index contributed by atoms with van der Waals surface area (Å²) >= 11 is 7.83. The number of likely N-dealkylation sites (N-methyl/N-ethyl adjacent to an activating group) is 1. The molecule has 3 aromatic rings. The van der Waals surface area contributed by atoms with E-state index in [9.17, 15) is 4.79 Å². The Labute approximate surface area is 228 Å². The number of thioether (sulfide) groups is 1. The van der Waals surface area contributed by atoms with Crippen molar-refractivity contribution in [3.8, 4) is 11.5 Å². The largest absolute Gasteiger partial charge is 0.493 e. The number of nitrogens with zero attached hydrogens (tertiary/aromatic N) is 4. The lowest BCUT2D eigenvalue weighted by Crippen LogP contribution is -2.30. The molecule has 196 valence electrons. The van der Waals surface area contributed by atoms with Gasteiger partial charge >= 0.3 is 0 Å². The second-order valence-corrected chi connectivity index (χ2v) is 10.4. The van der Waals surface area contributed by atoms with Gasteiger partial charge in [0.25, 0.3) is 5.91 Å². The van der Waals surface area contributed by atoms with Gasteiger partial charge in [0.2, 0.25) is 0 Å². The van der Waals surface area contributed by atoms with Crippen molar-refractivity contribution in [3.05, 3.63) is 70.4 Å². The van der Waals surface area contributed by atoms with Gasteiger partial charge < -0.3 is 19.3 Å². The first-order valence-electron chi connectivity index (χ1n) is 12.4. The molecule has 0 unspecified atom stereocenters. The molecule has 0 bridgehead atoms. The summed E-state index contributed by atoms with van der Waals surface area (Å²) in [5.74, 6) is 2.97. The number of benzene rings is 2. The number of hydrogen-bond acceptors (Lipinski definition) is 7. The molecule has 0 N–H and O–H groups in total. The number of piperidine rings is 1. The quantitative estimate of drug-likeness (QED) is 0.184. The van der Waals surface area contributed by atoms with Crippen LogP contribution >= 0.6 is 23.4 Å². The number of amides is 1. The van der Waals surface area contributed by atoms with E-state index in [-0.39, 0.29) is 5.91 Å². The fraction of sp³-hybridized carbons (Fsp3) is 0.393. The van der Waals surface area contributed by atoms with Crippen LogP contribution in [0.15, 0.2) is 53.7 Å². The maximum atomic E-state index is 12.9. The smallest absolute Gasteiger partial charge is 0.253 e. The fourth-order valence-corrected chi connectivity index (χ4v) is 5.32. The number of aromatic nitrogens is 2. The van der Waals surface area contributed by atoms with Gasteiger partial charge in [0.1, 0.15) is 11.0 Å². The maximum Gasteiger partial charge on any atom is 0.253 e. The molecule has 0 saturated carbocycles. The molecule has 0 aliphatic carbocycles. The third-order valence-electron chi connectivity index (χ3n) is 6.44. The SMILES string of the molecule is COc1ccc(CCN(C)C(=O)c2ccc(CSc3nc(Cl)cc(N4CCCCC4)n3)cc2)cc1OC. The van der Waals surface area contributed by atoms with E-state index in [4.69, 9.17) is 26.1 Å². The lowest BCUT2D eigenvalue weighted by atomic mass is 10.1. The highest BCUT2D eigenvalue weighted by Crippen LogP contribution is 2.28. The molecule has 1 amide bonds. The molecule has 7 nitrogen and oxygen atoms in total. The fourth-order valence-electron chi connectivity index (χ4n) is 4.28. The lowest BCUT2D eigenvalue weighted by molar-refractivity contribution is 0.0796. The summed E-state index contributed by atoms with van der Waals surface area (Å²) in [6, 6.07) is 15.4. The highest BCUT2D eigenvalue weighted by molar-refractivity contribution is 7.98. The molecule has 0 atom stereocenters. The maximum absolute atomic E-state index is 12.9. The highest BCUT2D eigenvalue weighted by atomic mass is 35.5. The Morgan fingerprint density at radius 3 is 2.38 bits per heavy atom. The minimum Gasteiger partial charge on any atom is -0.493 e. The molecule has 37 heavy (non-hydrogen) atoms. The first kappa shape index (κ1) is 27.1. The van der Waals surface area contributed by atoms with Crippen LogP contribution < -0.4 is 14.4 Å². The molecule has 1 fully saturated rings.